The van der Waals surface area contributed by atoms with Crippen LogP contribution in [0.25, 0.3) is 0 Å². The second-order valence-electron chi connectivity index (χ2n) is 8.60. The molecule has 0 fully saturated rings. The molecule has 150 valence electrons. The maximum atomic E-state index is 12.4. The van der Waals surface area contributed by atoms with E-state index in [0.29, 0.717) is 5.69 Å². The van der Waals surface area contributed by atoms with E-state index in [-0.39, 0.29) is 16.7 Å². The fourth-order valence-corrected chi connectivity index (χ4v) is 3.18. The number of ether oxygens (including phenoxy) is 1. The van der Waals surface area contributed by atoms with E-state index in [4.69, 9.17) is 4.74 Å². The Bertz CT molecular complexity index is 721. The van der Waals surface area contributed by atoms with Gasteiger partial charge in [-0.2, -0.15) is 0 Å². The number of hydrogen-bond acceptors (Lipinski definition) is 6. The lowest BCUT2D eigenvalue weighted by atomic mass is 9.82. The van der Waals surface area contributed by atoms with Gasteiger partial charge in [0.25, 0.3) is 11.6 Å². The van der Waals surface area contributed by atoms with Gasteiger partial charge in [-0.15, -0.1) is 0 Å². The lowest BCUT2D eigenvalue weighted by Gasteiger charge is -2.33. The minimum atomic E-state index is -0.786. The van der Waals surface area contributed by atoms with E-state index in [1.165, 1.54) is 12.1 Å². The van der Waals surface area contributed by atoms with Crippen molar-refractivity contribution < 1.29 is 19.2 Å². The molecule has 0 aliphatic carbocycles. The first kappa shape index (κ1) is 22.4. The number of esters is 1. The van der Waals surface area contributed by atoms with Crippen LogP contribution in [0.1, 0.15) is 51.4 Å². The molecule has 0 atom stereocenters. The molecule has 1 amide bonds. The lowest BCUT2D eigenvalue weighted by Crippen LogP contribution is -2.47. The van der Waals surface area contributed by atoms with Crippen molar-refractivity contribution in [2.24, 2.45) is 5.41 Å². The summed E-state index contributed by atoms with van der Waals surface area (Å²) in [6.45, 7) is 9.58. The van der Waals surface area contributed by atoms with Crippen LogP contribution < -0.4 is 10.2 Å². The molecule has 0 spiro atoms. The fraction of sp³-hybridized carbons (Fsp3) is 0.579. The Morgan fingerprint density at radius 1 is 1.19 bits per heavy atom. The number of amides is 1. The predicted octanol–water partition coefficient (Wildman–Crippen LogP) is 3.15. The average molecular weight is 379 g/mol. The van der Waals surface area contributed by atoms with E-state index < -0.39 is 28.9 Å². The highest BCUT2D eigenvalue weighted by atomic mass is 16.6. The summed E-state index contributed by atoms with van der Waals surface area (Å²) >= 11 is 0. The summed E-state index contributed by atoms with van der Waals surface area (Å²) in [5.74, 6) is -1.21. The van der Waals surface area contributed by atoms with E-state index in [1.54, 1.807) is 19.0 Å². The average Bonchev–Trinajstić information content (AvgIpc) is 2.48. The number of nitro benzene ring substituents is 1. The molecular formula is C19H29N3O5. The Labute approximate surface area is 160 Å². The van der Waals surface area contributed by atoms with Crippen LogP contribution in [0.2, 0.25) is 0 Å². The second kappa shape index (κ2) is 8.37. The number of rotatable bonds is 7. The van der Waals surface area contributed by atoms with Crippen molar-refractivity contribution in [1.82, 2.24) is 5.32 Å². The summed E-state index contributed by atoms with van der Waals surface area (Å²) in [7, 11) is 3.42. The summed E-state index contributed by atoms with van der Waals surface area (Å²) in [6.07, 6.45) is 0.745. The van der Waals surface area contributed by atoms with Crippen LogP contribution in [0.5, 0.6) is 0 Å². The van der Waals surface area contributed by atoms with Crippen LogP contribution >= 0.6 is 0 Å². The van der Waals surface area contributed by atoms with Gasteiger partial charge in [-0.25, -0.2) is 4.79 Å². The largest absolute Gasteiger partial charge is 0.452 e. The first-order chi connectivity index (χ1) is 12.2. The summed E-state index contributed by atoms with van der Waals surface area (Å²) in [4.78, 5) is 36.6. The standard InChI is InChI=1S/C19H29N3O5/c1-18(2,3)12-19(4,5)20-16(23)11-27-17(24)14-10-13(22(25)26)8-9-15(14)21(6)7/h8-10H,11-12H2,1-7H3,(H,20,23). The molecule has 0 unspecified atom stereocenters. The third kappa shape index (κ3) is 7.24. The lowest BCUT2D eigenvalue weighted by molar-refractivity contribution is -0.384. The van der Waals surface area contributed by atoms with Gasteiger partial charge in [0.2, 0.25) is 0 Å². The third-order valence-electron chi connectivity index (χ3n) is 3.68. The monoisotopic (exact) mass is 379 g/mol. The van der Waals surface area contributed by atoms with Gasteiger partial charge in [-0.3, -0.25) is 14.9 Å². The van der Waals surface area contributed by atoms with Gasteiger partial charge in [0.05, 0.1) is 16.2 Å². The molecule has 8 heteroatoms. The normalized spacial score (nSPS) is 11.7. The summed E-state index contributed by atoms with van der Waals surface area (Å²) in [5, 5.41) is 13.8. The zero-order chi connectivity index (χ0) is 21.0. The van der Waals surface area contributed by atoms with Gasteiger partial charge in [-0.05, 0) is 31.7 Å². The molecule has 0 radical (unpaired) electrons. The fourth-order valence-electron chi connectivity index (χ4n) is 3.18. The highest BCUT2D eigenvalue weighted by Gasteiger charge is 2.27. The van der Waals surface area contributed by atoms with Crippen LogP contribution in [0.3, 0.4) is 0 Å². The van der Waals surface area contributed by atoms with Crippen molar-refractivity contribution in [3.63, 3.8) is 0 Å². The van der Waals surface area contributed by atoms with Gasteiger partial charge in [0.15, 0.2) is 6.61 Å². The Hall–Kier alpha value is -2.64. The van der Waals surface area contributed by atoms with E-state index in [9.17, 15) is 19.7 Å². The summed E-state index contributed by atoms with van der Waals surface area (Å²) < 4.78 is 5.09. The van der Waals surface area contributed by atoms with Gasteiger partial charge in [-0.1, -0.05) is 20.8 Å². The van der Waals surface area contributed by atoms with Gasteiger partial charge < -0.3 is 15.0 Å². The molecule has 27 heavy (non-hydrogen) atoms. The number of nitrogens with zero attached hydrogens (tertiary/aromatic N) is 2. The van der Waals surface area contributed by atoms with Gasteiger partial charge >= 0.3 is 5.97 Å². The number of anilines is 1. The highest BCUT2D eigenvalue weighted by molar-refractivity contribution is 5.97. The molecule has 1 aromatic rings. The van der Waals surface area contributed by atoms with E-state index in [2.05, 4.69) is 26.1 Å². The van der Waals surface area contributed by atoms with Crippen molar-refractivity contribution >= 4 is 23.3 Å². The Morgan fingerprint density at radius 2 is 1.78 bits per heavy atom. The molecule has 8 nitrogen and oxygen atoms in total. The quantitative estimate of drug-likeness (QED) is 0.444. The number of non-ortho nitro benzene ring substituents is 1. The van der Waals surface area contributed by atoms with Crippen LogP contribution in [0.4, 0.5) is 11.4 Å². The first-order valence-electron chi connectivity index (χ1n) is 8.66. The number of nitro groups is 1. The van der Waals surface area contributed by atoms with Crippen molar-refractivity contribution in [2.75, 3.05) is 25.6 Å². The number of carbonyl (C=O) groups excluding carboxylic acids is 2. The van der Waals surface area contributed by atoms with E-state index >= 15 is 0 Å². The molecule has 0 heterocycles. The van der Waals surface area contributed by atoms with Crippen molar-refractivity contribution in [1.29, 1.82) is 0 Å². The van der Waals surface area contributed by atoms with Crippen molar-refractivity contribution in [2.45, 2.75) is 46.6 Å². The zero-order valence-corrected chi connectivity index (χ0v) is 17.1. The van der Waals surface area contributed by atoms with Crippen LogP contribution in [0, 0.1) is 15.5 Å². The van der Waals surface area contributed by atoms with Crippen LogP contribution in [-0.4, -0.2) is 43.0 Å². The van der Waals surface area contributed by atoms with E-state index in [0.717, 1.165) is 12.5 Å². The minimum absolute atomic E-state index is 0.0248. The molecular weight excluding hydrogens is 350 g/mol. The molecule has 1 rings (SSSR count). The van der Waals surface area contributed by atoms with Crippen molar-refractivity contribution in [3.05, 3.63) is 33.9 Å². The number of benzene rings is 1. The molecule has 0 saturated heterocycles. The minimum Gasteiger partial charge on any atom is -0.452 e. The Morgan fingerprint density at radius 3 is 2.26 bits per heavy atom. The maximum absolute atomic E-state index is 12.4. The summed E-state index contributed by atoms with van der Waals surface area (Å²) in [5.41, 5.74) is -0.141. The Kier molecular flexibility index (Phi) is 6.94. The van der Waals surface area contributed by atoms with E-state index in [1.807, 2.05) is 13.8 Å². The second-order valence-corrected chi connectivity index (χ2v) is 8.60. The summed E-state index contributed by atoms with van der Waals surface area (Å²) in [6, 6.07) is 3.94. The first-order valence-corrected chi connectivity index (χ1v) is 8.66. The van der Waals surface area contributed by atoms with Crippen LogP contribution in [-0.2, 0) is 9.53 Å². The molecule has 0 bridgehead atoms. The molecule has 1 N–H and O–H groups in total. The molecule has 0 aliphatic heterocycles. The number of carbonyl (C=O) groups is 2. The van der Waals surface area contributed by atoms with Crippen LogP contribution in [0.15, 0.2) is 18.2 Å². The number of hydrogen-bond donors (Lipinski definition) is 1. The predicted molar refractivity (Wildman–Crippen MR) is 104 cm³/mol. The Balaban J connectivity index is 2.83. The smallest absolute Gasteiger partial charge is 0.341 e. The van der Waals surface area contributed by atoms with Gasteiger partial charge in [0.1, 0.15) is 0 Å². The molecule has 0 aromatic heterocycles. The molecule has 0 saturated carbocycles. The third-order valence-corrected chi connectivity index (χ3v) is 3.68. The number of nitrogens with one attached hydrogen (secondary N) is 1. The van der Waals surface area contributed by atoms with Crippen molar-refractivity contribution in [3.8, 4) is 0 Å². The highest BCUT2D eigenvalue weighted by Crippen LogP contribution is 2.27. The topological polar surface area (TPSA) is 102 Å². The molecule has 0 aliphatic rings. The molecule has 1 aromatic carbocycles. The van der Waals surface area contributed by atoms with Gasteiger partial charge in [0, 0.05) is 31.8 Å². The maximum Gasteiger partial charge on any atom is 0.341 e. The zero-order valence-electron chi connectivity index (χ0n) is 17.1. The SMILES string of the molecule is CN(C)c1ccc([N+](=O)[O-])cc1C(=O)OCC(=O)NC(C)(C)CC(C)(C)C.